The van der Waals surface area contributed by atoms with Gasteiger partial charge in [0.2, 0.25) is 5.91 Å². The monoisotopic (exact) mass is 669 g/mol. The zero-order chi connectivity index (χ0) is 33.3. The summed E-state index contributed by atoms with van der Waals surface area (Å²) in [4.78, 5) is 43.9. The van der Waals surface area contributed by atoms with Crippen molar-refractivity contribution in [3.63, 3.8) is 0 Å². The summed E-state index contributed by atoms with van der Waals surface area (Å²) in [6.45, 7) is 3.02. The van der Waals surface area contributed by atoms with Gasteiger partial charge in [-0.2, -0.15) is 12.7 Å². The number of carbonyl (C=O) groups excluding carboxylic acids is 3. The molecule has 0 aliphatic heterocycles. The highest BCUT2D eigenvalue weighted by Crippen LogP contribution is 2.27. The van der Waals surface area contributed by atoms with E-state index in [4.69, 9.17) is 0 Å². The molecule has 0 spiro atoms. The van der Waals surface area contributed by atoms with E-state index in [0.29, 0.717) is 25.3 Å². The first kappa shape index (κ1) is 35.0. The van der Waals surface area contributed by atoms with E-state index in [1.807, 2.05) is 42.6 Å². The van der Waals surface area contributed by atoms with Gasteiger partial charge >= 0.3 is 10.2 Å². The molecule has 0 bridgehead atoms. The van der Waals surface area contributed by atoms with Crippen LogP contribution in [0.1, 0.15) is 64.2 Å². The SMILES string of the molecule is CC[C@@H](NC(=O)c1cc(C(=O)N[C@H](CNCC(=O)NCC2CC2)Cc2cscn2)cc(N(C)S(=O)(=O)N(C)C)c1)c1ccccc1. The molecular formula is C32H43N7O5S2. The summed E-state index contributed by atoms with van der Waals surface area (Å²) in [7, 11) is 0.263. The molecule has 2 aromatic carbocycles. The molecule has 0 radical (unpaired) electrons. The smallest absolute Gasteiger partial charge is 0.303 e. The first-order valence-corrected chi connectivity index (χ1v) is 17.6. The van der Waals surface area contributed by atoms with Gasteiger partial charge < -0.3 is 21.3 Å². The number of amides is 3. The van der Waals surface area contributed by atoms with Crippen LogP contribution in [0.2, 0.25) is 0 Å². The first-order chi connectivity index (χ1) is 22.0. The fraction of sp³-hybridized carbons (Fsp3) is 0.438. The maximum Gasteiger partial charge on any atom is 0.303 e. The molecular weight excluding hydrogens is 627 g/mol. The highest BCUT2D eigenvalue weighted by Gasteiger charge is 2.26. The highest BCUT2D eigenvalue weighted by atomic mass is 32.2. The second-order valence-electron chi connectivity index (χ2n) is 11.6. The van der Waals surface area contributed by atoms with Crippen LogP contribution in [0.15, 0.2) is 59.4 Å². The van der Waals surface area contributed by atoms with Crippen LogP contribution in [0.5, 0.6) is 0 Å². The number of hydrogen-bond acceptors (Lipinski definition) is 8. The lowest BCUT2D eigenvalue weighted by atomic mass is 10.0. The molecule has 3 amide bonds. The summed E-state index contributed by atoms with van der Waals surface area (Å²) in [5.74, 6) is -0.483. The van der Waals surface area contributed by atoms with Gasteiger partial charge in [-0.1, -0.05) is 37.3 Å². The zero-order valence-electron chi connectivity index (χ0n) is 26.7. The summed E-state index contributed by atoms with van der Waals surface area (Å²) < 4.78 is 28.1. The third-order valence-corrected chi connectivity index (χ3v) is 10.2. The van der Waals surface area contributed by atoms with Gasteiger partial charge in [-0.15, -0.1) is 11.3 Å². The van der Waals surface area contributed by atoms with E-state index in [1.54, 1.807) is 5.51 Å². The molecule has 4 rings (SSSR count). The van der Waals surface area contributed by atoms with E-state index in [2.05, 4.69) is 26.3 Å². The van der Waals surface area contributed by atoms with E-state index < -0.39 is 28.1 Å². The fourth-order valence-electron chi connectivity index (χ4n) is 4.82. The van der Waals surface area contributed by atoms with Crippen molar-refractivity contribution in [2.75, 3.05) is 45.1 Å². The van der Waals surface area contributed by atoms with Gasteiger partial charge in [0, 0.05) is 63.2 Å². The van der Waals surface area contributed by atoms with E-state index in [-0.39, 0.29) is 41.9 Å². The molecule has 1 saturated carbocycles. The average molecular weight is 670 g/mol. The first-order valence-electron chi connectivity index (χ1n) is 15.3. The van der Waals surface area contributed by atoms with Crippen LogP contribution >= 0.6 is 11.3 Å². The Morgan fingerprint density at radius 1 is 1.00 bits per heavy atom. The summed E-state index contributed by atoms with van der Waals surface area (Å²) in [6.07, 6.45) is 3.32. The number of benzene rings is 2. The quantitative estimate of drug-likeness (QED) is 0.173. The van der Waals surface area contributed by atoms with Crippen LogP contribution in [0.4, 0.5) is 5.69 Å². The molecule has 4 N–H and O–H groups in total. The predicted molar refractivity (Wildman–Crippen MR) is 180 cm³/mol. The summed E-state index contributed by atoms with van der Waals surface area (Å²) in [5.41, 5.74) is 3.83. The standard InChI is InChI=1S/C32H43N7O5S2/c1-5-29(23-9-7-6-8-10-23)37-32(42)25-13-24(14-28(15-25)39(4)46(43,44)38(2)3)31(41)36-26(16-27-20-45-21-35-27)18-33-19-30(40)34-17-22-11-12-22/h6-10,13-15,20-22,26,29,33H,5,11-12,16-19H2,1-4H3,(H,34,40)(H,36,41)(H,37,42)/t26-,29+/m0/s1. The van der Waals surface area contributed by atoms with E-state index in [1.165, 1.54) is 50.7 Å². The molecule has 3 aromatic rings. The molecule has 14 heteroatoms. The Hall–Kier alpha value is -3.85. The highest BCUT2D eigenvalue weighted by molar-refractivity contribution is 7.90. The predicted octanol–water partition coefficient (Wildman–Crippen LogP) is 2.72. The van der Waals surface area contributed by atoms with Crippen molar-refractivity contribution in [2.45, 2.75) is 44.7 Å². The molecule has 1 heterocycles. The Morgan fingerprint density at radius 2 is 1.67 bits per heavy atom. The Kier molecular flexibility index (Phi) is 12.3. The van der Waals surface area contributed by atoms with Crippen molar-refractivity contribution >= 4 is 45.0 Å². The molecule has 1 aliphatic carbocycles. The summed E-state index contributed by atoms with van der Waals surface area (Å²) in [5, 5.41) is 14.0. The Morgan fingerprint density at radius 3 is 2.26 bits per heavy atom. The van der Waals surface area contributed by atoms with Crippen LogP contribution in [0.25, 0.3) is 0 Å². The second kappa shape index (κ2) is 16.1. The normalized spacial score (nSPS) is 14.4. The number of rotatable bonds is 17. The second-order valence-corrected chi connectivity index (χ2v) is 14.5. The fourth-order valence-corrected chi connectivity index (χ4v) is 6.25. The molecule has 0 unspecified atom stereocenters. The van der Waals surface area contributed by atoms with E-state index in [9.17, 15) is 22.8 Å². The van der Waals surface area contributed by atoms with Crippen molar-refractivity contribution in [2.24, 2.45) is 5.92 Å². The number of carbonyl (C=O) groups is 3. The third kappa shape index (κ3) is 9.82. The molecule has 12 nitrogen and oxygen atoms in total. The molecule has 0 saturated heterocycles. The minimum Gasteiger partial charge on any atom is -0.355 e. The Bertz CT molecular complexity index is 1580. The largest absolute Gasteiger partial charge is 0.355 e. The lowest BCUT2D eigenvalue weighted by Crippen LogP contribution is -2.46. The van der Waals surface area contributed by atoms with Gasteiger partial charge in [0.15, 0.2) is 0 Å². The van der Waals surface area contributed by atoms with Gasteiger partial charge in [0.05, 0.1) is 29.5 Å². The van der Waals surface area contributed by atoms with E-state index >= 15 is 0 Å². The lowest BCUT2D eigenvalue weighted by Gasteiger charge is -2.25. The number of nitrogens with one attached hydrogen (secondary N) is 4. The van der Waals surface area contributed by atoms with Gasteiger partial charge in [-0.25, -0.2) is 4.98 Å². The van der Waals surface area contributed by atoms with Crippen LogP contribution in [0.3, 0.4) is 0 Å². The average Bonchev–Trinajstić information content (AvgIpc) is 3.75. The van der Waals surface area contributed by atoms with E-state index in [0.717, 1.165) is 32.7 Å². The number of thiazole rings is 1. The van der Waals surface area contributed by atoms with Gasteiger partial charge in [0.25, 0.3) is 11.8 Å². The molecule has 1 aromatic heterocycles. The van der Waals surface area contributed by atoms with Crippen molar-refractivity contribution in [1.82, 2.24) is 30.6 Å². The molecule has 2 atom stereocenters. The maximum absolute atomic E-state index is 13.8. The van der Waals surface area contributed by atoms with Crippen molar-refractivity contribution in [3.05, 3.63) is 81.8 Å². The molecule has 1 fully saturated rings. The van der Waals surface area contributed by atoms with Crippen molar-refractivity contribution < 1.29 is 22.8 Å². The van der Waals surface area contributed by atoms with Crippen LogP contribution in [-0.4, -0.2) is 82.2 Å². The molecule has 1 aliphatic rings. The maximum atomic E-state index is 13.8. The Balaban J connectivity index is 1.57. The van der Waals surface area contributed by atoms with Crippen LogP contribution in [0, 0.1) is 5.92 Å². The number of aromatic nitrogens is 1. The van der Waals surface area contributed by atoms with Crippen LogP contribution < -0.4 is 25.6 Å². The van der Waals surface area contributed by atoms with Gasteiger partial charge in [-0.05, 0) is 48.9 Å². The summed E-state index contributed by atoms with van der Waals surface area (Å²) in [6, 6.07) is 13.2. The lowest BCUT2D eigenvalue weighted by molar-refractivity contribution is -0.120. The Labute approximate surface area is 275 Å². The van der Waals surface area contributed by atoms with Gasteiger partial charge in [0.1, 0.15) is 0 Å². The number of hydrogen-bond donors (Lipinski definition) is 4. The van der Waals surface area contributed by atoms with Crippen LogP contribution in [-0.2, 0) is 21.4 Å². The number of nitrogens with zero attached hydrogens (tertiary/aromatic N) is 3. The third-order valence-electron chi connectivity index (χ3n) is 7.76. The zero-order valence-corrected chi connectivity index (χ0v) is 28.3. The van der Waals surface area contributed by atoms with Crippen molar-refractivity contribution in [3.8, 4) is 0 Å². The minimum atomic E-state index is -3.92. The number of anilines is 1. The molecule has 248 valence electrons. The minimum absolute atomic E-state index is 0.100. The van der Waals surface area contributed by atoms with Gasteiger partial charge in [-0.3, -0.25) is 18.7 Å². The van der Waals surface area contributed by atoms with Crippen molar-refractivity contribution in [1.29, 1.82) is 0 Å². The topological polar surface area (TPSA) is 153 Å². The molecule has 46 heavy (non-hydrogen) atoms. The summed E-state index contributed by atoms with van der Waals surface area (Å²) >= 11 is 1.44.